The number of nitrogens with two attached hydrogens (primary N) is 1. The molecule has 0 saturated heterocycles. The molecule has 0 spiro atoms. The summed E-state index contributed by atoms with van der Waals surface area (Å²) in [7, 11) is 0. The molecule has 1 aliphatic rings. The summed E-state index contributed by atoms with van der Waals surface area (Å²) in [6.45, 7) is 7.92. The Balaban J connectivity index is 2.20. The van der Waals surface area contributed by atoms with Crippen LogP contribution < -0.4 is 5.73 Å². The van der Waals surface area contributed by atoms with E-state index in [1.165, 1.54) is 0 Å². The highest BCUT2D eigenvalue weighted by atomic mass is 16.6. The number of nitrogens with zero attached hydrogens (tertiary/aromatic N) is 2. The lowest BCUT2D eigenvalue weighted by Gasteiger charge is -2.27. The first-order valence-electron chi connectivity index (χ1n) is 6.07. The highest BCUT2D eigenvalue weighted by molar-refractivity contribution is 5.70. The lowest BCUT2D eigenvalue weighted by Crippen LogP contribution is -2.35. The molecule has 1 unspecified atom stereocenters. The summed E-state index contributed by atoms with van der Waals surface area (Å²) in [5, 5.41) is 3.93. The Morgan fingerprint density at radius 2 is 2.28 bits per heavy atom. The predicted octanol–water partition coefficient (Wildman–Crippen LogP) is 2.46. The average molecular weight is 253 g/mol. The van der Waals surface area contributed by atoms with Gasteiger partial charge in [-0.1, -0.05) is 12.1 Å². The van der Waals surface area contributed by atoms with Crippen molar-refractivity contribution in [2.24, 2.45) is 0 Å². The Bertz CT molecular complexity index is 462. The smallest absolute Gasteiger partial charge is 0.411 e. The van der Waals surface area contributed by atoms with Crippen LogP contribution >= 0.6 is 0 Å². The van der Waals surface area contributed by atoms with E-state index in [1.807, 2.05) is 27.7 Å². The second-order valence-corrected chi connectivity index (χ2v) is 5.44. The molecule has 18 heavy (non-hydrogen) atoms. The number of ether oxygens (including phenoxy) is 1. The van der Waals surface area contributed by atoms with Crippen LogP contribution in [0.5, 0.6) is 0 Å². The van der Waals surface area contributed by atoms with Crippen molar-refractivity contribution in [3.63, 3.8) is 0 Å². The molecule has 1 amide bonds. The summed E-state index contributed by atoms with van der Waals surface area (Å²) in [5.74, 6) is 0.287. The van der Waals surface area contributed by atoms with Crippen molar-refractivity contribution in [2.45, 2.75) is 52.3 Å². The first-order chi connectivity index (χ1) is 8.33. The lowest BCUT2D eigenvalue weighted by atomic mass is 10.1. The molecule has 1 aromatic heterocycles. The van der Waals surface area contributed by atoms with Crippen LogP contribution in [0, 0.1) is 0 Å². The summed E-state index contributed by atoms with van der Waals surface area (Å²) in [6, 6.07) is -0.115. The van der Waals surface area contributed by atoms with E-state index >= 15 is 0 Å². The molecular formula is C12H19N3O3. The Hall–Kier alpha value is -1.72. The molecule has 0 saturated carbocycles. The maximum Gasteiger partial charge on any atom is 0.411 e. The number of amides is 1. The summed E-state index contributed by atoms with van der Waals surface area (Å²) >= 11 is 0. The summed E-state index contributed by atoms with van der Waals surface area (Å²) in [5.41, 5.74) is 6.73. The van der Waals surface area contributed by atoms with Gasteiger partial charge in [0.15, 0.2) is 0 Å². The van der Waals surface area contributed by atoms with Crippen LogP contribution in [0.1, 0.15) is 51.4 Å². The SMILES string of the molecule is CCC1c2noc(N)c2CN1C(=O)OC(C)(C)C. The van der Waals surface area contributed by atoms with Gasteiger partial charge >= 0.3 is 6.09 Å². The largest absolute Gasteiger partial charge is 0.444 e. The molecule has 2 rings (SSSR count). The molecular weight excluding hydrogens is 234 g/mol. The van der Waals surface area contributed by atoms with Crippen molar-refractivity contribution < 1.29 is 14.1 Å². The van der Waals surface area contributed by atoms with Gasteiger partial charge in [0.05, 0.1) is 18.2 Å². The van der Waals surface area contributed by atoms with Crippen LogP contribution in [0.2, 0.25) is 0 Å². The third kappa shape index (κ3) is 2.14. The topological polar surface area (TPSA) is 81.6 Å². The number of fused-ring (bicyclic) bond motifs is 1. The van der Waals surface area contributed by atoms with Crippen LogP contribution in [0.3, 0.4) is 0 Å². The minimum absolute atomic E-state index is 0.115. The molecule has 100 valence electrons. The van der Waals surface area contributed by atoms with Gasteiger partial charge in [-0.05, 0) is 27.2 Å². The molecule has 6 nitrogen and oxygen atoms in total. The summed E-state index contributed by atoms with van der Waals surface area (Å²) in [6.07, 6.45) is 0.407. The minimum Gasteiger partial charge on any atom is -0.444 e. The molecule has 6 heteroatoms. The quantitative estimate of drug-likeness (QED) is 0.831. The standard InChI is InChI=1S/C12H19N3O3/c1-5-8-9-7(10(13)18-14-9)6-15(8)11(16)17-12(2,3)4/h8H,5-6,13H2,1-4H3. The van der Waals surface area contributed by atoms with Gasteiger partial charge in [-0.2, -0.15) is 0 Å². The predicted molar refractivity (Wildman–Crippen MR) is 65.7 cm³/mol. The lowest BCUT2D eigenvalue weighted by molar-refractivity contribution is 0.0161. The second-order valence-electron chi connectivity index (χ2n) is 5.44. The highest BCUT2D eigenvalue weighted by Crippen LogP contribution is 2.38. The number of aromatic nitrogens is 1. The van der Waals surface area contributed by atoms with E-state index in [9.17, 15) is 4.79 Å². The first kappa shape index (κ1) is 12.7. The Kier molecular flexibility index (Phi) is 2.96. The van der Waals surface area contributed by atoms with Gasteiger partial charge in [0.1, 0.15) is 11.3 Å². The van der Waals surface area contributed by atoms with Gasteiger partial charge < -0.3 is 15.0 Å². The van der Waals surface area contributed by atoms with Gasteiger partial charge in [-0.3, -0.25) is 4.90 Å². The minimum atomic E-state index is -0.509. The van der Waals surface area contributed by atoms with E-state index in [-0.39, 0.29) is 18.0 Å². The number of carbonyl (C=O) groups excluding carboxylic acids is 1. The third-order valence-electron chi connectivity index (χ3n) is 2.88. The molecule has 1 aliphatic heterocycles. The van der Waals surface area contributed by atoms with E-state index in [4.69, 9.17) is 15.0 Å². The van der Waals surface area contributed by atoms with E-state index < -0.39 is 5.60 Å². The highest BCUT2D eigenvalue weighted by Gasteiger charge is 2.39. The molecule has 0 fully saturated rings. The van der Waals surface area contributed by atoms with Gasteiger partial charge in [-0.25, -0.2) is 4.79 Å². The Labute approximate surface area is 106 Å². The maximum absolute atomic E-state index is 12.1. The molecule has 0 bridgehead atoms. The van der Waals surface area contributed by atoms with Crippen molar-refractivity contribution >= 4 is 12.0 Å². The van der Waals surface area contributed by atoms with Crippen molar-refractivity contribution in [1.82, 2.24) is 10.1 Å². The molecule has 0 aromatic carbocycles. The van der Waals surface area contributed by atoms with E-state index in [0.29, 0.717) is 6.54 Å². The summed E-state index contributed by atoms with van der Waals surface area (Å²) in [4.78, 5) is 13.8. The van der Waals surface area contributed by atoms with Crippen LogP contribution in [-0.2, 0) is 11.3 Å². The van der Waals surface area contributed by atoms with Crippen molar-refractivity contribution in [3.05, 3.63) is 11.3 Å². The van der Waals surface area contributed by atoms with Crippen LogP contribution in [-0.4, -0.2) is 21.8 Å². The zero-order chi connectivity index (χ0) is 13.5. The fraction of sp³-hybridized carbons (Fsp3) is 0.667. The third-order valence-corrected chi connectivity index (χ3v) is 2.88. The fourth-order valence-corrected chi connectivity index (χ4v) is 2.11. The van der Waals surface area contributed by atoms with Crippen LogP contribution in [0.25, 0.3) is 0 Å². The van der Waals surface area contributed by atoms with Gasteiger partial charge in [0.2, 0.25) is 5.88 Å². The van der Waals surface area contributed by atoms with Crippen LogP contribution in [0.15, 0.2) is 4.52 Å². The van der Waals surface area contributed by atoms with E-state index in [0.717, 1.165) is 17.7 Å². The second kappa shape index (κ2) is 4.19. The molecule has 1 aromatic rings. The van der Waals surface area contributed by atoms with Gasteiger partial charge in [0.25, 0.3) is 0 Å². The molecule has 0 radical (unpaired) electrons. The van der Waals surface area contributed by atoms with Crippen molar-refractivity contribution in [3.8, 4) is 0 Å². The van der Waals surface area contributed by atoms with Gasteiger partial charge in [0, 0.05) is 0 Å². The zero-order valence-corrected chi connectivity index (χ0v) is 11.2. The van der Waals surface area contributed by atoms with Gasteiger partial charge in [-0.15, -0.1) is 0 Å². The number of anilines is 1. The monoisotopic (exact) mass is 253 g/mol. The van der Waals surface area contributed by atoms with E-state index in [2.05, 4.69) is 5.16 Å². The van der Waals surface area contributed by atoms with Crippen LogP contribution in [0.4, 0.5) is 10.7 Å². The number of carbonyl (C=O) groups is 1. The Morgan fingerprint density at radius 3 is 2.83 bits per heavy atom. The zero-order valence-electron chi connectivity index (χ0n) is 11.2. The number of nitrogen functional groups attached to an aromatic ring is 1. The molecule has 2 heterocycles. The Morgan fingerprint density at radius 1 is 1.61 bits per heavy atom. The maximum atomic E-state index is 12.1. The molecule has 1 atom stereocenters. The molecule has 2 N–H and O–H groups in total. The number of hydrogen-bond acceptors (Lipinski definition) is 5. The normalized spacial score (nSPS) is 18.9. The van der Waals surface area contributed by atoms with Crippen molar-refractivity contribution in [2.75, 3.05) is 5.73 Å². The summed E-state index contributed by atoms with van der Waals surface area (Å²) < 4.78 is 10.3. The number of hydrogen-bond donors (Lipinski definition) is 1. The fourth-order valence-electron chi connectivity index (χ4n) is 2.11. The number of rotatable bonds is 1. The first-order valence-corrected chi connectivity index (χ1v) is 6.07. The molecule has 0 aliphatic carbocycles. The average Bonchev–Trinajstić information content (AvgIpc) is 2.76. The van der Waals surface area contributed by atoms with E-state index in [1.54, 1.807) is 4.90 Å². The van der Waals surface area contributed by atoms with Crippen molar-refractivity contribution in [1.29, 1.82) is 0 Å².